The Balaban J connectivity index is 1.77. The lowest BCUT2D eigenvalue weighted by Gasteiger charge is -2.20. The molecular weight excluding hydrogens is 398 g/mol. The van der Waals surface area contributed by atoms with Crippen LogP contribution >= 0.6 is 11.3 Å². The Morgan fingerprint density at radius 1 is 1.20 bits per heavy atom. The van der Waals surface area contributed by atoms with Gasteiger partial charge in [-0.2, -0.15) is 15.9 Å². The summed E-state index contributed by atoms with van der Waals surface area (Å²) in [4.78, 5) is 21.6. The van der Waals surface area contributed by atoms with Gasteiger partial charge in [-0.15, -0.1) is 0 Å². The zero-order valence-corrected chi connectivity index (χ0v) is 17.7. The van der Waals surface area contributed by atoms with Crippen molar-refractivity contribution in [1.29, 1.82) is 0 Å². The standard InChI is InChI=1S/C23H21N3O3S/c1-23(2,3)29-22(28)26-20(9-8-15-10-11-30-14-15)25-19(21(26)27)12-16-13-24-18-7-5-4-6-17(16)18/h4-14,27H,1-3H3/b9-8+,16-12?. The van der Waals surface area contributed by atoms with E-state index in [4.69, 9.17) is 4.74 Å². The minimum absolute atomic E-state index is 0.268. The number of hydrogen-bond donors (Lipinski definition) is 1. The molecule has 0 spiro atoms. The van der Waals surface area contributed by atoms with Crippen molar-refractivity contribution in [3.8, 4) is 5.88 Å². The van der Waals surface area contributed by atoms with Gasteiger partial charge in [0.15, 0.2) is 0 Å². The van der Waals surface area contributed by atoms with E-state index in [2.05, 4.69) is 9.98 Å². The summed E-state index contributed by atoms with van der Waals surface area (Å²) in [6.45, 7) is 5.32. The van der Waals surface area contributed by atoms with Crippen molar-refractivity contribution < 1.29 is 14.6 Å². The number of thiophene rings is 1. The van der Waals surface area contributed by atoms with E-state index in [1.807, 2.05) is 47.2 Å². The van der Waals surface area contributed by atoms with Crippen LogP contribution in [0, 0.1) is 0 Å². The molecule has 1 aromatic carbocycles. The van der Waals surface area contributed by atoms with E-state index in [9.17, 15) is 9.90 Å². The maximum absolute atomic E-state index is 12.8. The summed E-state index contributed by atoms with van der Waals surface area (Å²) in [6, 6.07) is 9.67. The molecule has 6 nitrogen and oxygen atoms in total. The molecule has 7 heteroatoms. The molecule has 1 aliphatic heterocycles. The number of allylic oxidation sites excluding steroid dienone is 1. The quantitative estimate of drug-likeness (QED) is 0.577. The summed E-state index contributed by atoms with van der Waals surface area (Å²) >= 11 is 1.57. The highest BCUT2D eigenvalue weighted by Crippen LogP contribution is 2.34. The van der Waals surface area contributed by atoms with Crippen molar-refractivity contribution in [2.45, 2.75) is 26.4 Å². The molecule has 0 fully saturated rings. The smallest absolute Gasteiger partial charge is 0.423 e. The molecule has 152 valence electrons. The van der Waals surface area contributed by atoms with Crippen LogP contribution in [0.3, 0.4) is 0 Å². The Morgan fingerprint density at radius 3 is 2.73 bits per heavy atom. The minimum Gasteiger partial charge on any atom is -0.493 e. The fraction of sp³-hybridized carbons (Fsp3) is 0.174. The largest absolute Gasteiger partial charge is 0.493 e. The van der Waals surface area contributed by atoms with E-state index in [-0.39, 0.29) is 17.4 Å². The Labute approximate surface area is 178 Å². The van der Waals surface area contributed by atoms with Gasteiger partial charge < -0.3 is 9.84 Å². The molecule has 30 heavy (non-hydrogen) atoms. The molecule has 0 amide bonds. The third-order valence-corrected chi connectivity index (χ3v) is 5.00. The number of nitrogens with zero attached hydrogens (tertiary/aromatic N) is 3. The second-order valence-electron chi connectivity index (χ2n) is 7.76. The number of carbonyl (C=O) groups is 1. The number of aromatic nitrogens is 2. The van der Waals surface area contributed by atoms with Crippen LogP contribution in [-0.2, 0) is 4.74 Å². The normalized spacial score (nSPS) is 14.6. The maximum Gasteiger partial charge on any atom is 0.423 e. The van der Waals surface area contributed by atoms with Gasteiger partial charge in [0.1, 0.15) is 17.1 Å². The number of rotatable bonds is 3. The van der Waals surface area contributed by atoms with Gasteiger partial charge in [-0.1, -0.05) is 24.3 Å². The molecular formula is C23H21N3O3S. The van der Waals surface area contributed by atoms with Gasteiger partial charge in [0.25, 0.3) is 0 Å². The Morgan fingerprint density at radius 2 is 2.00 bits per heavy atom. The molecule has 1 N–H and O–H groups in total. The second kappa shape index (κ2) is 7.76. The lowest BCUT2D eigenvalue weighted by Crippen LogP contribution is -2.27. The van der Waals surface area contributed by atoms with Crippen LogP contribution in [0.1, 0.15) is 43.4 Å². The van der Waals surface area contributed by atoms with Crippen molar-refractivity contribution in [1.82, 2.24) is 9.55 Å². The number of ether oxygens (including phenoxy) is 1. The SMILES string of the molecule is CC(C)(C)OC(=O)n1c(/C=C/c2ccsc2)nc(C=C2C=Nc3ccccc32)c1O. The number of benzene rings is 1. The Hall–Kier alpha value is -3.45. The Kier molecular flexibility index (Phi) is 5.13. The average molecular weight is 420 g/mol. The fourth-order valence-electron chi connectivity index (χ4n) is 2.98. The number of hydrogen-bond acceptors (Lipinski definition) is 6. The molecule has 0 radical (unpaired) electrons. The molecule has 0 saturated carbocycles. The molecule has 0 atom stereocenters. The fourth-order valence-corrected chi connectivity index (χ4v) is 3.61. The van der Waals surface area contributed by atoms with E-state index >= 15 is 0 Å². The van der Waals surface area contributed by atoms with Crippen LogP contribution in [0.5, 0.6) is 5.88 Å². The van der Waals surface area contributed by atoms with E-state index in [0.29, 0.717) is 0 Å². The maximum atomic E-state index is 12.8. The van der Waals surface area contributed by atoms with Gasteiger partial charge in [-0.05, 0) is 61.4 Å². The lowest BCUT2D eigenvalue weighted by atomic mass is 10.1. The van der Waals surface area contributed by atoms with E-state index in [1.165, 1.54) is 0 Å². The van der Waals surface area contributed by atoms with Crippen LogP contribution in [0.4, 0.5) is 10.5 Å². The van der Waals surface area contributed by atoms with Crippen molar-refractivity contribution in [3.05, 3.63) is 63.7 Å². The van der Waals surface area contributed by atoms with Crippen LogP contribution in [0.2, 0.25) is 0 Å². The van der Waals surface area contributed by atoms with Gasteiger partial charge >= 0.3 is 6.09 Å². The van der Waals surface area contributed by atoms with Crippen LogP contribution in [0.15, 0.2) is 46.1 Å². The zero-order chi connectivity index (χ0) is 21.3. The number of aliphatic imine (C=N–C) groups is 1. The monoisotopic (exact) mass is 419 g/mol. The van der Waals surface area contributed by atoms with Crippen molar-refractivity contribution >= 4 is 53.1 Å². The molecule has 0 aliphatic carbocycles. The van der Waals surface area contributed by atoms with Crippen LogP contribution < -0.4 is 0 Å². The van der Waals surface area contributed by atoms with Crippen molar-refractivity contribution in [2.24, 2.45) is 4.99 Å². The highest BCUT2D eigenvalue weighted by molar-refractivity contribution is 7.08. The number of fused-ring (bicyclic) bond motifs is 1. The summed E-state index contributed by atoms with van der Waals surface area (Å²) < 4.78 is 6.55. The third-order valence-electron chi connectivity index (χ3n) is 4.30. The number of para-hydroxylation sites is 1. The first-order chi connectivity index (χ1) is 14.3. The Bertz CT molecular complexity index is 1180. The third kappa shape index (κ3) is 4.11. The first-order valence-electron chi connectivity index (χ1n) is 9.42. The molecule has 3 heterocycles. The predicted octanol–water partition coefficient (Wildman–Crippen LogP) is 5.86. The highest BCUT2D eigenvalue weighted by Gasteiger charge is 2.25. The minimum atomic E-state index is -0.711. The molecule has 0 saturated heterocycles. The van der Waals surface area contributed by atoms with Crippen LogP contribution in [-0.4, -0.2) is 32.6 Å². The number of carbonyl (C=O) groups excluding carboxylic acids is 1. The van der Waals surface area contributed by atoms with Gasteiger partial charge in [0.05, 0.1) is 5.69 Å². The van der Waals surface area contributed by atoms with Gasteiger partial charge in [0.2, 0.25) is 5.88 Å². The van der Waals surface area contributed by atoms with Crippen molar-refractivity contribution in [3.63, 3.8) is 0 Å². The van der Waals surface area contributed by atoms with E-state index < -0.39 is 11.7 Å². The van der Waals surface area contributed by atoms with E-state index in [0.717, 1.165) is 27.0 Å². The molecule has 2 aromatic heterocycles. The number of imidazole rings is 1. The molecule has 1 aliphatic rings. The first-order valence-corrected chi connectivity index (χ1v) is 10.4. The molecule has 4 rings (SSSR count). The van der Waals surface area contributed by atoms with Gasteiger partial charge in [0, 0.05) is 17.4 Å². The predicted molar refractivity (Wildman–Crippen MR) is 121 cm³/mol. The molecule has 0 bridgehead atoms. The topological polar surface area (TPSA) is 76.7 Å². The summed E-state index contributed by atoms with van der Waals surface area (Å²) in [5.74, 6) is 0.00233. The average Bonchev–Trinajstić information content (AvgIpc) is 3.39. The number of aromatic hydroxyl groups is 1. The van der Waals surface area contributed by atoms with Crippen molar-refractivity contribution in [2.75, 3.05) is 0 Å². The second-order valence-corrected chi connectivity index (χ2v) is 8.54. The van der Waals surface area contributed by atoms with Gasteiger partial charge in [-0.25, -0.2) is 9.78 Å². The molecule has 3 aromatic rings. The van der Waals surface area contributed by atoms with Gasteiger partial charge in [-0.3, -0.25) is 4.99 Å². The summed E-state index contributed by atoms with van der Waals surface area (Å²) in [6.07, 6.45) is 6.26. The molecule has 0 unspecified atom stereocenters. The highest BCUT2D eigenvalue weighted by atomic mass is 32.1. The van der Waals surface area contributed by atoms with E-state index in [1.54, 1.807) is 50.5 Å². The summed E-state index contributed by atoms with van der Waals surface area (Å²) in [5.41, 5.74) is 3.14. The lowest BCUT2D eigenvalue weighted by molar-refractivity contribution is 0.0524. The zero-order valence-electron chi connectivity index (χ0n) is 16.9. The first kappa shape index (κ1) is 19.8. The summed E-state index contributed by atoms with van der Waals surface area (Å²) in [7, 11) is 0. The summed E-state index contributed by atoms with van der Waals surface area (Å²) in [5, 5.41) is 14.8. The van der Waals surface area contributed by atoms with Crippen LogP contribution in [0.25, 0.3) is 23.8 Å².